The molecule has 0 aromatic carbocycles. The highest BCUT2D eigenvalue weighted by atomic mass is 79.9. The summed E-state index contributed by atoms with van der Waals surface area (Å²) < 4.78 is 1.95. The van der Waals surface area contributed by atoms with Crippen LogP contribution in [0.5, 0.6) is 0 Å². The molecular weight excluding hydrogens is 246 g/mol. The molecule has 74 valence electrons. The summed E-state index contributed by atoms with van der Waals surface area (Å²) >= 11 is 3.48. The molecule has 2 aromatic heterocycles. The zero-order valence-corrected chi connectivity index (χ0v) is 9.27. The summed E-state index contributed by atoms with van der Waals surface area (Å²) in [6.45, 7) is 2.88. The van der Waals surface area contributed by atoms with Crippen molar-refractivity contribution in [2.24, 2.45) is 0 Å². The van der Waals surface area contributed by atoms with Gasteiger partial charge < -0.3 is 10.3 Å². The van der Waals surface area contributed by atoms with E-state index < -0.39 is 0 Å². The van der Waals surface area contributed by atoms with E-state index in [2.05, 4.69) is 37.8 Å². The van der Waals surface area contributed by atoms with E-state index in [0.29, 0.717) is 16.2 Å². The van der Waals surface area contributed by atoms with E-state index in [1.54, 1.807) is 6.33 Å². The van der Waals surface area contributed by atoms with E-state index in [1.807, 2.05) is 4.57 Å². The lowest BCUT2D eigenvalue weighted by Crippen LogP contribution is -2.06. The standard InChI is InChI=1S/C8H10BrN5/c1-5(9)2-14-4-13-6-7(10)11-3-12-8(6)14/h3-5H,2H2,1H3,(H2,10,11,12)/t5-/m0/s1. The monoisotopic (exact) mass is 255 g/mol. The Morgan fingerprint density at radius 1 is 1.50 bits per heavy atom. The van der Waals surface area contributed by atoms with Gasteiger partial charge in [0.25, 0.3) is 0 Å². The molecule has 2 aromatic rings. The van der Waals surface area contributed by atoms with Gasteiger partial charge in [-0.15, -0.1) is 0 Å². The van der Waals surface area contributed by atoms with Gasteiger partial charge in [-0.25, -0.2) is 15.0 Å². The smallest absolute Gasteiger partial charge is 0.165 e. The summed E-state index contributed by atoms with van der Waals surface area (Å²) in [5.74, 6) is 0.427. The van der Waals surface area contributed by atoms with E-state index in [1.165, 1.54) is 6.33 Å². The molecule has 2 heterocycles. The summed E-state index contributed by atoms with van der Waals surface area (Å²) in [5, 5.41) is 0. The highest BCUT2D eigenvalue weighted by molar-refractivity contribution is 9.09. The minimum absolute atomic E-state index is 0.371. The number of hydrogen-bond acceptors (Lipinski definition) is 4. The number of fused-ring (bicyclic) bond motifs is 1. The predicted molar refractivity (Wildman–Crippen MR) is 58.1 cm³/mol. The molecule has 0 saturated heterocycles. The Kier molecular flexibility index (Phi) is 2.37. The molecule has 2 rings (SSSR count). The summed E-state index contributed by atoms with van der Waals surface area (Å²) in [6, 6.07) is 0. The number of nitrogens with two attached hydrogens (primary N) is 1. The number of halogens is 1. The lowest BCUT2D eigenvalue weighted by atomic mass is 10.4. The summed E-state index contributed by atoms with van der Waals surface area (Å²) in [6.07, 6.45) is 3.18. The van der Waals surface area contributed by atoms with Gasteiger partial charge >= 0.3 is 0 Å². The van der Waals surface area contributed by atoms with Crippen LogP contribution in [-0.2, 0) is 6.54 Å². The first-order valence-electron chi connectivity index (χ1n) is 4.24. The zero-order valence-electron chi connectivity index (χ0n) is 7.68. The molecule has 0 aliphatic rings. The maximum Gasteiger partial charge on any atom is 0.165 e. The molecule has 0 fully saturated rings. The SMILES string of the molecule is C[C@H](Br)Cn1cnc2c(N)ncnc21. The Bertz CT molecular complexity index is 450. The first-order valence-corrected chi connectivity index (χ1v) is 5.15. The average molecular weight is 256 g/mol. The van der Waals surface area contributed by atoms with Crippen molar-refractivity contribution in [3.05, 3.63) is 12.7 Å². The zero-order chi connectivity index (χ0) is 10.1. The van der Waals surface area contributed by atoms with Crippen molar-refractivity contribution in [3.63, 3.8) is 0 Å². The fourth-order valence-electron chi connectivity index (χ4n) is 1.30. The number of nitrogen functional groups attached to an aromatic ring is 1. The van der Waals surface area contributed by atoms with E-state index >= 15 is 0 Å². The summed E-state index contributed by atoms with van der Waals surface area (Å²) in [4.78, 5) is 12.6. The Morgan fingerprint density at radius 3 is 3.00 bits per heavy atom. The molecule has 0 radical (unpaired) electrons. The normalized spacial score (nSPS) is 13.3. The van der Waals surface area contributed by atoms with Crippen LogP contribution in [0.1, 0.15) is 6.92 Å². The maximum absolute atomic E-state index is 5.66. The van der Waals surface area contributed by atoms with Crippen LogP contribution < -0.4 is 5.73 Å². The second-order valence-electron chi connectivity index (χ2n) is 3.11. The summed E-state index contributed by atoms with van der Waals surface area (Å²) in [7, 11) is 0. The third-order valence-corrected chi connectivity index (χ3v) is 2.17. The molecule has 6 heteroatoms. The third-order valence-electron chi connectivity index (χ3n) is 1.88. The molecule has 0 bridgehead atoms. The van der Waals surface area contributed by atoms with Gasteiger partial charge in [0, 0.05) is 11.4 Å². The Labute approximate surface area is 89.5 Å². The van der Waals surface area contributed by atoms with Crippen molar-refractivity contribution >= 4 is 32.9 Å². The number of alkyl halides is 1. The van der Waals surface area contributed by atoms with Gasteiger partial charge in [-0.05, 0) is 0 Å². The van der Waals surface area contributed by atoms with Crippen LogP contribution in [0, 0.1) is 0 Å². The van der Waals surface area contributed by atoms with E-state index in [0.717, 1.165) is 12.2 Å². The van der Waals surface area contributed by atoms with Crippen LogP contribution >= 0.6 is 15.9 Å². The second kappa shape index (κ2) is 3.53. The molecule has 0 saturated carbocycles. The largest absolute Gasteiger partial charge is 0.382 e. The van der Waals surface area contributed by atoms with Crippen molar-refractivity contribution in [1.82, 2.24) is 19.5 Å². The second-order valence-corrected chi connectivity index (χ2v) is 4.67. The van der Waals surface area contributed by atoms with Crippen molar-refractivity contribution in [3.8, 4) is 0 Å². The highest BCUT2D eigenvalue weighted by Crippen LogP contribution is 2.15. The number of hydrogen-bond donors (Lipinski definition) is 1. The number of imidazole rings is 1. The van der Waals surface area contributed by atoms with Gasteiger partial charge in [0.05, 0.1) is 6.33 Å². The van der Waals surface area contributed by atoms with Crippen molar-refractivity contribution < 1.29 is 0 Å². The van der Waals surface area contributed by atoms with Gasteiger partial charge in [-0.1, -0.05) is 22.9 Å². The molecule has 0 aliphatic heterocycles. The molecule has 0 amide bonds. The highest BCUT2D eigenvalue weighted by Gasteiger charge is 2.08. The first kappa shape index (κ1) is 9.39. The number of aromatic nitrogens is 4. The fourth-order valence-corrected chi connectivity index (χ4v) is 1.62. The minimum atomic E-state index is 0.371. The number of nitrogens with zero attached hydrogens (tertiary/aromatic N) is 4. The molecule has 14 heavy (non-hydrogen) atoms. The van der Waals surface area contributed by atoms with E-state index in [-0.39, 0.29) is 0 Å². The topological polar surface area (TPSA) is 69.6 Å². The Hall–Kier alpha value is -1.17. The van der Waals surface area contributed by atoms with Crippen LogP contribution in [0.2, 0.25) is 0 Å². The minimum Gasteiger partial charge on any atom is -0.382 e. The number of rotatable bonds is 2. The molecule has 5 nitrogen and oxygen atoms in total. The summed E-state index contributed by atoms with van der Waals surface area (Å²) in [5.41, 5.74) is 7.11. The van der Waals surface area contributed by atoms with Crippen molar-refractivity contribution in [1.29, 1.82) is 0 Å². The van der Waals surface area contributed by atoms with Gasteiger partial charge in [-0.2, -0.15) is 0 Å². The van der Waals surface area contributed by atoms with E-state index in [9.17, 15) is 0 Å². The van der Waals surface area contributed by atoms with Gasteiger partial charge in [-0.3, -0.25) is 0 Å². The fraction of sp³-hybridized carbons (Fsp3) is 0.375. The lowest BCUT2D eigenvalue weighted by Gasteiger charge is -2.04. The van der Waals surface area contributed by atoms with Gasteiger partial charge in [0.1, 0.15) is 11.8 Å². The first-order chi connectivity index (χ1) is 6.68. The lowest BCUT2D eigenvalue weighted by molar-refractivity contribution is 0.711. The Morgan fingerprint density at radius 2 is 2.29 bits per heavy atom. The van der Waals surface area contributed by atoms with Crippen LogP contribution in [0.4, 0.5) is 5.82 Å². The molecular formula is C8H10BrN5. The average Bonchev–Trinajstić information content (AvgIpc) is 2.49. The van der Waals surface area contributed by atoms with Crippen LogP contribution in [0.15, 0.2) is 12.7 Å². The molecule has 1 atom stereocenters. The third kappa shape index (κ3) is 1.57. The number of anilines is 1. The molecule has 2 N–H and O–H groups in total. The molecule has 0 spiro atoms. The van der Waals surface area contributed by atoms with Crippen LogP contribution in [0.25, 0.3) is 11.2 Å². The quantitative estimate of drug-likeness (QED) is 0.819. The van der Waals surface area contributed by atoms with Crippen LogP contribution in [0.3, 0.4) is 0 Å². The van der Waals surface area contributed by atoms with Crippen LogP contribution in [-0.4, -0.2) is 24.3 Å². The van der Waals surface area contributed by atoms with E-state index in [4.69, 9.17) is 5.73 Å². The predicted octanol–water partition coefficient (Wildman–Crippen LogP) is 1.19. The van der Waals surface area contributed by atoms with Gasteiger partial charge in [0.2, 0.25) is 0 Å². The molecule has 0 aliphatic carbocycles. The Balaban J connectivity index is 2.52. The van der Waals surface area contributed by atoms with Crippen molar-refractivity contribution in [2.45, 2.75) is 18.3 Å². The molecule has 0 unspecified atom stereocenters. The van der Waals surface area contributed by atoms with Gasteiger partial charge in [0.15, 0.2) is 11.5 Å². The maximum atomic E-state index is 5.66. The van der Waals surface area contributed by atoms with Crippen molar-refractivity contribution in [2.75, 3.05) is 5.73 Å².